The first-order valence-corrected chi connectivity index (χ1v) is 9.25. The zero-order valence-electron chi connectivity index (χ0n) is 16.3. The Labute approximate surface area is 168 Å². The van der Waals surface area contributed by atoms with E-state index in [1.807, 2.05) is 12.1 Å². The molecule has 0 spiro atoms. The van der Waals surface area contributed by atoms with Crippen LogP contribution in [0.25, 0.3) is 0 Å². The Morgan fingerprint density at radius 2 is 1.76 bits per heavy atom. The van der Waals surface area contributed by atoms with Gasteiger partial charge in [0.15, 0.2) is 6.10 Å². The summed E-state index contributed by atoms with van der Waals surface area (Å²) in [5.41, 5.74) is 1.81. The van der Waals surface area contributed by atoms with E-state index in [4.69, 9.17) is 14.2 Å². The van der Waals surface area contributed by atoms with Crippen LogP contribution in [0.4, 0.5) is 4.39 Å². The minimum absolute atomic E-state index is 0.107. The smallest absolute Gasteiger partial charge is 0.152 e. The lowest BCUT2D eigenvalue weighted by molar-refractivity contribution is -0.158. The van der Waals surface area contributed by atoms with Gasteiger partial charge in [0.25, 0.3) is 0 Å². The number of aliphatic hydroxyl groups is 3. The van der Waals surface area contributed by atoms with Crippen LogP contribution < -0.4 is 4.74 Å². The summed E-state index contributed by atoms with van der Waals surface area (Å²) in [6, 6.07) is 11.7. The fourth-order valence-electron chi connectivity index (χ4n) is 3.29. The maximum absolute atomic E-state index is 14.4. The van der Waals surface area contributed by atoms with Gasteiger partial charge in [0.2, 0.25) is 0 Å². The monoisotopic (exact) mass is 404 g/mol. The topological polar surface area (TPSA) is 88.4 Å². The van der Waals surface area contributed by atoms with Crippen molar-refractivity contribution in [1.82, 2.24) is 0 Å². The van der Waals surface area contributed by atoms with Crippen LogP contribution in [0.3, 0.4) is 0 Å². The van der Waals surface area contributed by atoms with Crippen molar-refractivity contribution in [3.63, 3.8) is 0 Å². The maximum Gasteiger partial charge on any atom is 0.152 e. The number of aliphatic hydroxyl groups excluding tert-OH is 3. The number of hydrogen-bond donors (Lipinski definition) is 3. The standard InChI is InChI=1S/C22H25FO6/c1-27-10-9-18-19(24)20(25)21(26)22(29-18)14-5-8-17(23)15(12-14)11-13-3-6-16(28-2)7-4-13/h3-9,12,19-22,24-26H,10-11H2,1-2H3/b18-9-/t19-,20+,21-,22+/m1/s1. The van der Waals surface area contributed by atoms with Crippen LogP contribution in [0.15, 0.2) is 54.3 Å². The highest BCUT2D eigenvalue weighted by atomic mass is 19.1. The fraction of sp³-hybridized carbons (Fsp3) is 0.364. The molecule has 0 saturated carbocycles. The summed E-state index contributed by atoms with van der Waals surface area (Å²) >= 11 is 0. The number of rotatable bonds is 6. The normalized spacial score (nSPS) is 25.7. The number of ether oxygens (including phenoxy) is 3. The van der Waals surface area contributed by atoms with Gasteiger partial charge in [-0.3, -0.25) is 0 Å². The second-order valence-electron chi connectivity index (χ2n) is 6.90. The second-order valence-corrected chi connectivity index (χ2v) is 6.90. The van der Waals surface area contributed by atoms with Crippen LogP contribution in [0, 0.1) is 5.82 Å². The van der Waals surface area contributed by atoms with E-state index in [0.29, 0.717) is 23.3 Å². The van der Waals surface area contributed by atoms with E-state index in [-0.39, 0.29) is 18.2 Å². The Kier molecular flexibility index (Phi) is 6.87. The van der Waals surface area contributed by atoms with Gasteiger partial charge in [0.1, 0.15) is 35.6 Å². The van der Waals surface area contributed by atoms with Crippen molar-refractivity contribution < 1.29 is 33.9 Å². The molecule has 2 aromatic carbocycles. The quantitative estimate of drug-likeness (QED) is 0.684. The molecule has 6 nitrogen and oxygen atoms in total. The van der Waals surface area contributed by atoms with Crippen LogP contribution in [0.5, 0.6) is 5.75 Å². The average molecular weight is 404 g/mol. The van der Waals surface area contributed by atoms with Gasteiger partial charge in [-0.05, 0) is 47.0 Å². The molecule has 0 bridgehead atoms. The minimum Gasteiger partial charge on any atom is -0.497 e. The van der Waals surface area contributed by atoms with Crippen LogP contribution in [-0.2, 0) is 15.9 Å². The summed E-state index contributed by atoms with van der Waals surface area (Å²) in [5, 5.41) is 30.7. The number of methoxy groups -OCH3 is 2. The molecule has 0 aromatic heterocycles. The summed E-state index contributed by atoms with van der Waals surface area (Å²) in [6.45, 7) is 0.175. The Balaban J connectivity index is 1.86. The number of benzene rings is 2. The molecular formula is C22H25FO6. The Hall–Kier alpha value is -2.45. The molecule has 4 atom stereocenters. The molecule has 1 aliphatic heterocycles. The summed E-state index contributed by atoms with van der Waals surface area (Å²) in [5.74, 6) is 0.436. The maximum atomic E-state index is 14.4. The molecule has 0 unspecified atom stereocenters. The van der Waals surface area contributed by atoms with E-state index in [1.165, 1.54) is 25.3 Å². The molecule has 29 heavy (non-hydrogen) atoms. The van der Waals surface area contributed by atoms with Gasteiger partial charge < -0.3 is 29.5 Å². The zero-order valence-corrected chi connectivity index (χ0v) is 16.3. The van der Waals surface area contributed by atoms with Crippen molar-refractivity contribution in [3.05, 3.63) is 76.8 Å². The second kappa shape index (κ2) is 9.37. The van der Waals surface area contributed by atoms with E-state index < -0.39 is 24.4 Å². The Morgan fingerprint density at radius 1 is 1.03 bits per heavy atom. The lowest BCUT2D eigenvalue weighted by atomic mass is 9.91. The van der Waals surface area contributed by atoms with E-state index in [0.717, 1.165) is 5.56 Å². The van der Waals surface area contributed by atoms with Crippen molar-refractivity contribution in [1.29, 1.82) is 0 Å². The molecule has 1 aliphatic rings. The van der Waals surface area contributed by atoms with Crippen LogP contribution in [0.2, 0.25) is 0 Å². The van der Waals surface area contributed by atoms with Crippen LogP contribution in [0.1, 0.15) is 22.8 Å². The molecule has 0 amide bonds. The van der Waals surface area contributed by atoms with Crippen molar-refractivity contribution in [2.24, 2.45) is 0 Å². The molecule has 2 aromatic rings. The third kappa shape index (κ3) is 4.76. The lowest BCUT2D eigenvalue weighted by Crippen LogP contribution is -2.48. The highest BCUT2D eigenvalue weighted by molar-refractivity contribution is 5.35. The van der Waals surface area contributed by atoms with E-state index >= 15 is 0 Å². The molecule has 1 heterocycles. The van der Waals surface area contributed by atoms with Crippen molar-refractivity contribution in [2.45, 2.75) is 30.8 Å². The molecule has 3 N–H and O–H groups in total. The van der Waals surface area contributed by atoms with Crippen LogP contribution >= 0.6 is 0 Å². The van der Waals surface area contributed by atoms with Gasteiger partial charge in [-0.2, -0.15) is 0 Å². The van der Waals surface area contributed by atoms with E-state index in [9.17, 15) is 19.7 Å². The third-order valence-corrected chi connectivity index (χ3v) is 4.94. The van der Waals surface area contributed by atoms with E-state index in [1.54, 1.807) is 25.3 Å². The van der Waals surface area contributed by atoms with Crippen molar-refractivity contribution in [3.8, 4) is 5.75 Å². The fourth-order valence-corrected chi connectivity index (χ4v) is 3.29. The summed E-state index contributed by atoms with van der Waals surface area (Å²) in [4.78, 5) is 0. The predicted octanol–water partition coefficient (Wildman–Crippen LogP) is 2.11. The lowest BCUT2D eigenvalue weighted by Gasteiger charge is -2.37. The summed E-state index contributed by atoms with van der Waals surface area (Å²) in [6.07, 6.45) is -3.29. The van der Waals surface area contributed by atoms with Crippen molar-refractivity contribution >= 4 is 0 Å². The molecule has 3 rings (SSSR count). The highest BCUT2D eigenvalue weighted by Gasteiger charge is 2.42. The first-order valence-electron chi connectivity index (χ1n) is 9.25. The molecule has 1 saturated heterocycles. The Morgan fingerprint density at radius 3 is 2.41 bits per heavy atom. The average Bonchev–Trinajstić information content (AvgIpc) is 2.74. The molecule has 0 radical (unpaired) electrons. The molecular weight excluding hydrogens is 379 g/mol. The first-order chi connectivity index (χ1) is 13.9. The number of hydrogen-bond acceptors (Lipinski definition) is 6. The van der Waals surface area contributed by atoms with Crippen LogP contribution in [-0.4, -0.2) is 54.5 Å². The van der Waals surface area contributed by atoms with Gasteiger partial charge in [0, 0.05) is 13.5 Å². The van der Waals surface area contributed by atoms with Gasteiger partial charge in [-0.1, -0.05) is 18.2 Å². The third-order valence-electron chi connectivity index (χ3n) is 4.94. The van der Waals surface area contributed by atoms with Gasteiger partial charge in [-0.15, -0.1) is 0 Å². The van der Waals surface area contributed by atoms with Crippen molar-refractivity contribution in [2.75, 3.05) is 20.8 Å². The van der Waals surface area contributed by atoms with Gasteiger partial charge >= 0.3 is 0 Å². The minimum atomic E-state index is -1.44. The molecule has 156 valence electrons. The Bertz CT molecular complexity index is 851. The first kappa shape index (κ1) is 21.3. The molecule has 7 heteroatoms. The van der Waals surface area contributed by atoms with Gasteiger partial charge in [0.05, 0.1) is 13.7 Å². The summed E-state index contributed by atoms with van der Waals surface area (Å²) in [7, 11) is 3.06. The number of halogens is 1. The largest absolute Gasteiger partial charge is 0.497 e. The molecule has 0 aliphatic carbocycles. The highest BCUT2D eigenvalue weighted by Crippen LogP contribution is 2.35. The summed E-state index contributed by atoms with van der Waals surface area (Å²) < 4.78 is 30.2. The van der Waals surface area contributed by atoms with Gasteiger partial charge in [-0.25, -0.2) is 4.39 Å². The molecule has 1 fully saturated rings. The predicted molar refractivity (Wildman–Crippen MR) is 104 cm³/mol. The van der Waals surface area contributed by atoms with E-state index in [2.05, 4.69) is 0 Å². The zero-order chi connectivity index (χ0) is 21.0. The SMILES string of the molecule is COC/C=C1\O[C@@H](c2ccc(F)c(Cc3ccc(OC)cc3)c2)[C@H](O)[C@@H](O)[C@@H]1O.